The molecule has 1 aliphatic rings. The summed E-state index contributed by atoms with van der Waals surface area (Å²) in [6.07, 6.45) is 3.51. The fraction of sp³-hybridized carbons (Fsp3) is 1.00. The van der Waals surface area contributed by atoms with Crippen molar-refractivity contribution in [3.8, 4) is 0 Å². The summed E-state index contributed by atoms with van der Waals surface area (Å²) in [5.74, 6) is 0.268. The lowest BCUT2D eigenvalue weighted by atomic mass is 10.3. The topological polar surface area (TPSA) is 63.4 Å². The van der Waals surface area contributed by atoms with Crippen LogP contribution in [0, 0.1) is 0 Å². The summed E-state index contributed by atoms with van der Waals surface area (Å²) in [6.45, 7) is 2.01. The lowest BCUT2D eigenvalue weighted by molar-refractivity contribution is 0.475. The molecule has 1 fully saturated rings. The first-order valence-corrected chi connectivity index (χ1v) is 6.45. The molecule has 0 aromatic carbocycles. The Morgan fingerprint density at radius 2 is 1.77 bits per heavy atom. The number of rotatable bonds is 5. The number of unbranched alkanes of at least 4 members (excludes halogenated alkanes) is 1. The minimum absolute atomic E-state index is 0.268. The van der Waals surface area contributed by atoms with Crippen molar-refractivity contribution in [2.24, 2.45) is 5.73 Å². The van der Waals surface area contributed by atoms with Gasteiger partial charge in [-0.15, -0.1) is 0 Å². The Morgan fingerprint density at radius 1 is 1.15 bits per heavy atom. The smallest absolute Gasteiger partial charge is 0.214 e. The first-order valence-electron chi connectivity index (χ1n) is 4.85. The van der Waals surface area contributed by atoms with E-state index >= 15 is 0 Å². The molecule has 0 bridgehead atoms. The highest BCUT2D eigenvalue weighted by Gasteiger charge is 2.24. The highest BCUT2D eigenvalue weighted by molar-refractivity contribution is 7.89. The fourth-order valence-electron chi connectivity index (χ4n) is 1.52. The monoisotopic (exact) mass is 206 g/mol. The molecule has 0 amide bonds. The molecule has 1 aliphatic heterocycles. The van der Waals surface area contributed by atoms with Gasteiger partial charge in [0, 0.05) is 13.1 Å². The van der Waals surface area contributed by atoms with Gasteiger partial charge in [-0.2, -0.15) is 0 Å². The van der Waals surface area contributed by atoms with E-state index in [1.165, 1.54) is 0 Å². The predicted octanol–water partition coefficient (Wildman–Crippen LogP) is 0.151. The average Bonchev–Trinajstić information content (AvgIpc) is 2.56. The van der Waals surface area contributed by atoms with Crippen LogP contribution in [0.3, 0.4) is 0 Å². The molecule has 13 heavy (non-hydrogen) atoms. The van der Waals surface area contributed by atoms with E-state index in [2.05, 4.69) is 0 Å². The zero-order valence-corrected chi connectivity index (χ0v) is 8.72. The summed E-state index contributed by atoms with van der Waals surface area (Å²) in [6, 6.07) is 0. The number of nitrogens with zero attached hydrogens (tertiary/aromatic N) is 1. The minimum atomic E-state index is -2.95. The average molecular weight is 206 g/mol. The normalized spacial score (nSPS) is 19.5. The molecule has 4 nitrogen and oxygen atoms in total. The number of hydrogen-bond donors (Lipinski definition) is 1. The van der Waals surface area contributed by atoms with Gasteiger partial charge in [-0.05, 0) is 32.2 Å². The molecule has 0 radical (unpaired) electrons. The Labute approximate surface area is 80.1 Å². The van der Waals surface area contributed by atoms with Crippen LogP contribution in [0.5, 0.6) is 0 Å². The van der Waals surface area contributed by atoms with Crippen molar-refractivity contribution in [2.45, 2.75) is 25.7 Å². The molecular weight excluding hydrogens is 188 g/mol. The summed E-state index contributed by atoms with van der Waals surface area (Å²) < 4.78 is 24.8. The van der Waals surface area contributed by atoms with E-state index in [1.807, 2.05) is 0 Å². The van der Waals surface area contributed by atoms with E-state index < -0.39 is 10.0 Å². The second kappa shape index (κ2) is 4.93. The lowest BCUT2D eigenvalue weighted by Gasteiger charge is -2.14. The molecule has 1 heterocycles. The highest BCUT2D eigenvalue weighted by Crippen LogP contribution is 2.13. The third kappa shape index (κ3) is 3.25. The van der Waals surface area contributed by atoms with Crippen LogP contribution in [0.2, 0.25) is 0 Å². The summed E-state index contributed by atoms with van der Waals surface area (Å²) >= 11 is 0. The summed E-state index contributed by atoms with van der Waals surface area (Å²) in [7, 11) is -2.95. The largest absolute Gasteiger partial charge is 0.330 e. The Hall–Kier alpha value is -0.130. The van der Waals surface area contributed by atoms with Gasteiger partial charge in [-0.1, -0.05) is 0 Å². The van der Waals surface area contributed by atoms with Crippen LogP contribution in [0.15, 0.2) is 0 Å². The SMILES string of the molecule is NCCCCS(=O)(=O)N1CCCC1. The second-order valence-corrected chi connectivity index (χ2v) is 5.51. The zero-order valence-electron chi connectivity index (χ0n) is 7.91. The van der Waals surface area contributed by atoms with E-state index in [-0.39, 0.29) is 5.75 Å². The first-order chi connectivity index (χ1) is 6.17. The van der Waals surface area contributed by atoms with Crippen LogP contribution < -0.4 is 5.73 Å². The van der Waals surface area contributed by atoms with E-state index in [4.69, 9.17) is 5.73 Å². The molecule has 0 aromatic heterocycles. The van der Waals surface area contributed by atoms with Crippen LogP contribution in [0.4, 0.5) is 0 Å². The fourth-order valence-corrected chi connectivity index (χ4v) is 3.17. The van der Waals surface area contributed by atoms with Gasteiger partial charge in [-0.25, -0.2) is 12.7 Å². The Bertz CT molecular complexity index is 233. The third-order valence-electron chi connectivity index (χ3n) is 2.31. The molecular formula is C8H18N2O2S. The van der Waals surface area contributed by atoms with Gasteiger partial charge in [0.15, 0.2) is 0 Å². The summed E-state index contributed by atoms with van der Waals surface area (Å²) in [5, 5.41) is 0. The number of nitrogens with two attached hydrogens (primary N) is 1. The Morgan fingerprint density at radius 3 is 2.31 bits per heavy atom. The maximum Gasteiger partial charge on any atom is 0.214 e. The standard InChI is InChI=1S/C8H18N2O2S/c9-5-1-4-8-13(11,12)10-6-2-3-7-10/h1-9H2. The molecule has 0 aliphatic carbocycles. The van der Waals surface area contributed by atoms with E-state index in [0.29, 0.717) is 26.1 Å². The van der Waals surface area contributed by atoms with Crippen molar-refractivity contribution in [1.82, 2.24) is 4.31 Å². The number of hydrogen-bond acceptors (Lipinski definition) is 3. The lowest BCUT2D eigenvalue weighted by Crippen LogP contribution is -2.30. The molecule has 1 rings (SSSR count). The molecule has 5 heteroatoms. The molecule has 0 unspecified atom stereocenters. The summed E-state index contributed by atoms with van der Waals surface area (Å²) in [5.41, 5.74) is 5.30. The van der Waals surface area contributed by atoms with Crippen LogP contribution in [0.1, 0.15) is 25.7 Å². The molecule has 0 atom stereocenters. The van der Waals surface area contributed by atoms with Crippen LogP contribution >= 0.6 is 0 Å². The summed E-state index contributed by atoms with van der Waals surface area (Å²) in [4.78, 5) is 0. The van der Waals surface area contributed by atoms with Crippen molar-refractivity contribution in [1.29, 1.82) is 0 Å². The van der Waals surface area contributed by atoms with Gasteiger partial charge in [0.2, 0.25) is 10.0 Å². The highest BCUT2D eigenvalue weighted by atomic mass is 32.2. The van der Waals surface area contributed by atoms with Gasteiger partial charge < -0.3 is 5.73 Å². The Kier molecular flexibility index (Phi) is 4.15. The van der Waals surface area contributed by atoms with Crippen LogP contribution in [-0.4, -0.2) is 38.1 Å². The third-order valence-corrected chi connectivity index (χ3v) is 4.27. The van der Waals surface area contributed by atoms with Gasteiger partial charge in [0.05, 0.1) is 5.75 Å². The van der Waals surface area contributed by atoms with E-state index in [9.17, 15) is 8.42 Å². The quantitative estimate of drug-likeness (QED) is 0.651. The molecule has 2 N–H and O–H groups in total. The minimum Gasteiger partial charge on any atom is -0.330 e. The van der Waals surface area contributed by atoms with Crippen molar-refractivity contribution in [3.63, 3.8) is 0 Å². The molecule has 0 spiro atoms. The van der Waals surface area contributed by atoms with Crippen molar-refractivity contribution in [2.75, 3.05) is 25.4 Å². The molecule has 78 valence electrons. The maximum absolute atomic E-state index is 11.6. The maximum atomic E-state index is 11.6. The van der Waals surface area contributed by atoms with Gasteiger partial charge in [0.1, 0.15) is 0 Å². The predicted molar refractivity (Wildman–Crippen MR) is 52.9 cm³/mol. The molecule has 0 saturated carbocycles. The number of sulfonamides is 1. The molecule has 0 aromatic rings. The zero-order chi connectivity index (χ0) is 9.73. The second-order valence-electron chi connectivity index (χ2n) is 3.42. The van der Waals surface area contributed by atoms with E-state index in [1.54, 1.807) is 4.31 Å². The van der Waals surface area contributed by atoms with Crippen molar-refractivity contribution in [3.05, 3.63) is 0 Å². The molecule has 1 saturated heterocycles. The van der Waals surface area contributed by atoms with Crippen molar-refractivity contribution < 1.29 is 8.42 Å². The van der Waals surface area contributed by atoms with Crippen LogP contribution in [0.25, 0.3) is 0 Å². The van der Waals surface area contributed by atoms with Crippen molar-refractivity contribution >= 4 is 10.0 Å². The van der Waals surface area contributed by atoms with E-state index in [0.717, 1.165) is 19.3 Å². The van der Waals surface area contributed by atoms with Gasteiger partial charge in [0.25, 0.3) is 0 Å². The van der Waals surface area contributed by atoms with Gasteiger partial charge >= 0.3 is 0 Å². The first kappa shape index (κ1) is 10.9. The Balaban J connectivity index is 2.36. The van der Waals surface area contributed by atoms with Gasteiger partial charge in [-0.3, -0.25) is 0 Å². The van der Waals surface area contributed by atoms with Crippen LogP contribution in [-0.2, 0) is 10.0 Å².